The Bertz CT molecular complexity index is 1050. The van der Waals surface area contributed by atoms with Crippen LogP contribution < -0.4 is 10.1 Å². The first-order chi connectivity index (χ1) is 17.5. The van der Waals surface area contributed by atoms with E-state index in [2.05, 4.69) is 12.2 Å². The molecule has 1 saturated carbocycles. The van der Waals surface area contributed by atoms with Gasteiger partial charge in [-0.05, 0) is 50.8 Å². The number of rotatable bonds is 11. The Hall–Kier alpha value is -2.87. The summed E-state index contributed by atoms with van der Waals surface area (Å²) in [5, 5.41) is 8.05. The molecule has 1 atom stereocenters. The van der Waals surface area contributed by atoms with Crippen LogP contribution in [0.4, 0.5) is 0 Å². The average Bonchev–Trinajstić information content (AvgIpc) is 3.31. The minimum absolute atomic E-state index is 0.105. The summed E-state index contributed by atoms with van der Waals surface area (Å²) in [5.74, 6) is 0.469. The minimum Gasteiger partial charge on any atom is -0.493 e. The fourth-order valence-electron chi connectivity index (χ4n) is 5.21. The Morgan fingerprint density at radius 1 is 1.17 bits per heavy atom. The third kappa shape index (κ3) is 5.59. The highest BCUT2D eigenvalue weighted by atomic mass is 16.5. The number of fused-ring (bicyclic) bond motifs is 1. The van der Waals surface area contributed by atoms with E-state index >= 15 is 0 Å². The van der Waals surface area contributed by atoms with E-state index in [1.165, 1.54) is 6.42 Å². The number of carbonyl (C=O) groups is 2. The number of unbranched alkanes of at least 4 members (excludes halogenated alkanes) is 1. The van der Waals surface area contributed by atoms with E-state index < -0.39 is 5.54 Å². The van der Waals surface area contributed by atoms with Gasteiger partial charge in [0.05, 0.1) is 18.8 Å². The molecule has 0 unspecified atom stereocenters. The van der Waals surface area contributed by atoms with Crippen molar-refractivity contribution in [3.8, 4) is 17.0 Å². The number of para-hydroxylation sites is 1. The van der Waals surface area contributed by atoms with Gasteiger partial charge in [-0.25, -0.2) is 0 Å². The Balaban J connectivity index is 1.63. The second-order valence-corrected chi connectivity index (χ2v) is 10.2. The number of ether oxygens (including phenoxy) is 2. The zero-order valence-corrected chi connectivity index (χ0v) is 21.9. The standard InChI is InChI=1S/C28H40N4O4/c1-4-5-18-36-25-15-10-9-14-22(25)23-19-24-26(33)31(16-11-17-35-3)28(2,20-32(24)30-23)27(34)29-21-12-7-6-8-13-21/h9-10,14-15,19,21H,4-8,11-13,16-18,20H2,1-3H3,(H,29,34)/t28-/m0/s1. The number of aromatic nitrogens is 2. The summed E-state index contributed by atoms with van der Waals surface area (Å²) in [6.45, 7) is 5.90. The van der Waals surface area contributed by atoms with Crippen molar-refractivity contribution in [3.05, 3.63) is 36.0 Å². The molecule has 1 aliphatic carbocycles. The molecule has 2 amide bonds. The van der Waals surface area contributed by atoms with Crippen LogP contribution in [0, 0.1) is 0 Å². The normalized spacial score (nSPS) is 20.3. The largest absolute Gasteiger partial charge is 0.493 e. The van der Waals surface area contributed by atoms with Crippen LogP contribution in [0.25, 0.3) is 11.3 Å². The summed E-state index contributed by atoms with van der Waals surface area (Å²) >= 11 is 0. The molecular weight excluding hydrogens is 456 g/mol. The molecule has 36 heavy (non-hydrogen) atoms. The van der Waals surface area contributed by atoms with Gasteiger partial charge in [-0.15, -0.1) is 0 Å². The van der Waals surface area contributed by atoms with Gasteiger partial charge < -0.3 is 19.7 Å². The SMILES string of the molecule is CCCCOc1ccccc1-c1cc2n(n1)C[C@@](C)(C(=O)NC1CCCCC1)N(CCCOC)C2=O. The third-order valence-corrected chi connectivity index (χ3v) is 7.38. The zero-order chi connectivity index (χ0) is 25.5. The maximum absolute atomic E-state index is 13.8. The van der Waals surface area contributed by atoms with Crippen LogP contribution in [-0.4, -0.2) is 64.9 Å². The second-order valence-electron chi connectivity index (χ2n) is 10.2. The number of amides is 2. The lowest BCUT2D eigenvalue weighted by Gasteiger charge is -2.44. The molecule has 0 bridgehead atoms. The minimum atomic E-state index is -1.03. The van der Waals surface area contributed by atoms with Crippen molar-refractivity contribution >= 4 is 11.8 Å². The Kier molecular flexibility index (Phi) is 8.67. The van der Waals surface area contributed by atoms with Crippen molar-refractivity contribution in [1.82, 2.24) is 20.0 Å². The second kappa shape index (κ2) is 11.9. The summed E-state index contributed by atoms with van der Waals surface area (Å²) in [5.41, 5.74) is 0.992. The molecule has 1 aromatic heterocycles. The number of hydrogen-bond donors (Lipinski definition) is 1. The first-order valence-corrected chi connectivity index (χ1v) is 13.4. The maximum atomic E-state index is 13.8. The van der Waals surface area contributed by atoms with Crippen molar-refractivity contribution < 1.29 is 19.1 Å². The molecule has 0 saturated heterocycles. The van der Waals surface area contributed by atoms with Crippen molar-refractivity contribution in [1.29, 1.82) is 0 Å². The van der Waals surface area contributed by atoms with Gasteiger partial charge in [0.15, 0.2) is 0 Å². The van der Waals surface area contributed by atoms with Crippen LogP contribution in [0.2, 0.25) is 0 Å². The van der Waals surface area contributed by atoms with Crippen molar-refractivity contribution in [2.45, 2.75) is 83.3 Å². The number of carbonyl (C=O) groups excluding carboxylic acids is 2. The molecule has 1 aliphatic heterocycles. The quantitative estimate of drug-likeness (QED) is 0.465. The van der Waals surface area contributed by atoms with Crippen molar-refractivity contribution in [3.63, 3.8) is 0 Å². The lowest BCUT2D eigenvalue weighted by molar-refractivity contribution is -0.134. The van der Waals surface area contributed by atoms with Gasteiger partial charge in [-0.2, -0.15) is 5.10 Å². The summed E-state index contributed by atoms with van der Waals surface area (Å²) < 4.78 is 13.0. The van der Waals surface area contributed by atoms with Gasteiger partial charge in [0.1, 0.15) is 17.0 Å². The number of methoxy groups -OCH3 is 1. The molecule has 2 aromatic rings. The molecule has 2 heterocycles. The molecule has 1 N–H and O–H groups in total. The summed E-state index contributed by atoms with van der Waals surface area (Å²) in [6.07, 6.45) is 8.14. The van der Waals surface area contributed by atoms with Gasteiger partial charge in [-0.1, -0.05) is 44.7 Å². The fraction of sp³-hybridized carbons (Fsp3) is 0.607. The fourth-order valence-corrected chi connectivity index (χ4v) is 5.21. The number of hydrogen-bond acceptors (Lipinski definition) is 5. The lowest BCUT2D eigenvalue weighted by Crippen LogP contribution is -2.65. The lowest BCUT2D eigenvalue weighted by atomic mass is 9.91. The van der Waals surface area contributed by atoms with Gasteiger partial charge in [0.2, 0.25) is 5.91 Å². The number of benzene rings is 1. The molecule has 2 aliphatic rings. The van der Waals surface area contributed by atoms with E-state index in [0.717, 1.165) is 49.8 Å². The summed E-state index contributed by atoms with van der Waals surface area (Å²) in [6, 6.07) is 9.78. The highest BCUT2D eigenvalue weighted by Crippen LogP contribution is 2.34. The van der Waals surface area contributed by atoms with Crippen LogP contribution in [0.1, 0.15) is 75.7 Å². The summed E-state index contributed by atoms with van der Waals surface area (Å²) in [7, 11) is 1.65. The van der Waals surface area contributed by atoms with E-state index in [0.29, 0.717) is 44.1 Å². The molecule has 8 heteroatoms. The van der Waals surface area contributed by atoms with Gasteiger partial charge in [0.25, 0.3) is 5.91 Å². The maximum Gasteiger partial charge on any atom is 0.273 e. The zero-order valence-electron chi connectivity index (χ0n) is 21.9. The topological polar surface area (TPSA) is 85.7 Å². The molecule has 0 spiro atoms. The predicted octanol–water partition coefficient (Wildman–Crippen LogP) is 4.43. The van der Waals surface area contributed by atoms with Crippen LogP contribution in [-0.2, 0) is 16.1 Å². The summed E-state index contributed by atoms with van der Waals surface area (Å²) in [4.78, 5) is 29.2. The van der Waals surface area contributed by atoms with E-state index in [1.54, 1.807) is 16.7 Å². The highest BCUT2D eigenvalue weighted by molar-refractivity contribution is 6.00. The van der Waals surface area contributed by atoms with Gasteiger partial charge in [-0.3, -0.25) is 14.3 Å². The first-order valence-electron chi connectivity index (χ1n) is 13.4. The first kappa shape index (κ1) is 26.2. The predicted molar refractivity (Wildman–Crippen MR) is 139 cm³/mol. The Morgan fingerprint density at radius 3 is 2.69 bits per heavy atom. The molecule has 4 rings (SSSR count). The monoisotopic (exact) mass is 496 g/mol. The van der Waals surface area contributed by atoms with Crippen LogP contribution in [0.5, 0.6) is 5.75 Å². The average molecular weight is 497 g/mol. The molecule has 1 fully saturated rings. The third-order valence-electron chi connectivity index (χ3n) is 7.38. The Labute approximate surface area is 214 Å². The molecule has 196 valence electrons. The number of nitrogens with zero attached hydrogens (tertiary/aromatic N) is 3. The highest BCUT2D eigenvalue weighted by Gasteiger charge is 2.48. The Morgan fingerprint density at radius 2 is 1.94 bits per heavy atom. The van der Waals surface area contributed by atoms with E-state index in [-0.39, 0.29) is 17.9 Å². The number of nitrogens with one attached hydrogen (secondary N) is 1. The van der Waals surface area contributed by atoms with E-state index in [1.807, 2.05) is 37.3 Å². The van der Waals surface area contributed by atoms with Crippen LogP contribution >= 0.6 is 0 Å². The smallest absolute Gasteiger partial charge is 0.273 e. The van der Waals surface area contributed by atoms with Crippen LogP contribution in [0.3, 0.4) is 0 Å². The van der Waals surface area contributed by atoms with E-state index in [9.17, 15) is 9.59 Å². The molecule has 0 radical (unpaired) electrons. The van der Waals surface area contributed by atoms with Crippen molar-refractivity contribution in [2.75, 3.05) is 26.9 Å². The van der Waals surface area contributed by atoms with Gasteiger partial charge in [0, 0.05) is 31.9 Å². The molecule has 1 aromatic carbocycles. The molecule has 8 nitrogen and oxygen atoms in total. The molecular formula is C28H40N4O4. The van der Waals surface area contributed by atoms with E-state index in [4.69, 9.17) is 14.6 Å². The van der Waals surface area contributed by atoms with Crippen molar-refractivity contribution in [2.24, 2.45) is 0 Å². The van der Waals surface area contributed by atoms with Crippen LogP contribution in [0.15, 0.2) is 30.3 Å². The van der Waals surface area contributed by atoms with Gasteiger partial charge >= 0.3 is 0 Å².